The number of fused-ring (bicyclic) bond motifs is 3. The van der Waals surface area contributed by atoms with E-state index in [9.17, 15) is 9.59 Å². The molecule has 1 aliphatic heterocycles. The van der Waals surface area contributed by atoms with Crippen molar-refractivity contribution in [1.82, 2.24) is 14.5 Å². The molecule has 1 saturated heterocycles. The van der Waals surface area contributed by atoms with E-state index in [4.69, 9.17) is 16.3 Å². The van der Waals surface area contributed by atoms with Gasteiger partial charge in [-0.1, -0.05) is 47.5 Å². The minimum Gasteiger partial charge on any atom is -0.461 e. The first-order valence-corrected chi connectivity index (χ1v) is 12.0. The monoisotopic (exact) mass is 475 g/mol. The molecule has 0 bridgehead atoms. The molecule has 7 heteroatoms. The Morgan fingerprint density at radius 1 is 1.12 bits per heavy atom. The number of rotatable bonds is 7. The third-order valence-corrected chi connectivity index (χ3v) is 6.74. The molecule has 2 aromatic carbocycles. The SMILES string of the molecule is Cc1ccc(Cl)c(Cn2c3ccccc3c3cc(C(=O)OCCCN4CCCC4=O)ncc32)c1. The molecule has 3 heterocycles. The van der Waals surface area contributed by atoms with Crippen molar-refractivity contribution < 1.29 is 14.3 Å². The van der Waals surface area contributed by atoms with E-state index in [1.165, 1.54) is 0 Å². The zero-order chi connectivity index (χ0) is 23.7. The number of ether oxygens (including phenoxy) is 1. The van der Waals surface area contributed by atoms with Gasteiger partial charge in [0.15, 0.2) is 0 Å². The molecule has 34 heavy (non-hydrogen) atoms. The van der Waals surface area contributed by atoms with Gasteiger partial charge in [-0.05, 0) is 43.5 Å². The number of esters is 1. The van der Waals surface area contributed by atoms with Crippen LogP contribution in [0.4, 0.5) is 0 Å². The zero-order valence-corrected chi connectivity index (χ0v) is 19.8. The molecule has 1 fully saturated rings. The van der Waals surface area contributed by atoms with Gasteiger partial charge in [-0.2, -0.15) is 0 Å². The van der Waals surface area contributed by atoms with Gasteiger partial charge in [-0.3, -0.25) is 4.79 Å². The number of para-hydroxylation sites is 1. The summed E-state index contributed by atoms with van der Waals surface area (Å²) in [6, 6.07) is 15.9. The number of benzene rings is 2. The molecule has 0 atom stereocenters. The maximum atomic E-state index is 12.7. The number of aryl methyl sites for hydroxylation is 1. The molecule has 174 valence electrons. The highest BCUT2D eigenvalue weighted by Crippen LogP contribution is 2.31. The standard InChI is InChI=1S/C27H26ClN3O3/c1-18-9-10-22(28)19(14-18)17-31-24-7-3-2-6-20(24)21-15-23(29-16-25(21)31)27(33)34-13-5-12-30-11-4-8-26(30)32/h2-3,6-7,9-10,14-16H,4-5,8,11-13,17H2,1H3. The highest BCUT2D eigenvalue weighted by molar-refractivity contribution is 6.31. The number of hydrogen-bond acceptors (Lipinski definition) is 4. The molecule has 0 N–H and O–H groups in total. The summed E-state index contributed by atoms with van der Waals surface area (Å²) in [5.41, 5.74) is 4.45. The first-order valence-electron chi connectivity index (χ1n) is 11.6. The summed E-state index contributed by atoms with van der Waals surface area (Å²) in [7, 11) is 0. The van der Waals surface area contributed by atoms with Crippen molar-refractivity contribution in [3.05, 3.63) is 76.6 Å². The summed E-state index contributed by atoms with van der Waals surface area (Å²) in [4.78, 5) is 30.6. The summed E-state index contributed by atoms with van der Waals surface area (Å²) in [5.74, 6) is -0.269. The Bertz CT molecular complexity index is 1390. The first kappa shape index (κ1) is 22.4. The van der Waals surface area contributed by atoms with E-state index in [1.54, 1.807) is 12.3 Å². The Morgan fingerprint density at radius 3 is 2.79 bits per heavy atom. The number of halogens is 1. The Kier molecular flexibility index (Phi) is 6.24. The molecular weight excluding hydrogens is 450 g/mol. The van der Waals surface area contributed by atoms with Crippen LogP contribution in [-0.2, 0) is 16.1 Å². The van der Waals surface area contributed by atoms with E-state index in [0.717, 1.165) is 50.9 Å². The predicted octanol–water partition coefficient (Wildman–Crippen LogP) is 5.37. The summed E-state index contributed by atoms with van der Waals surface area (Å²) < 4.78 is 7.63. The number of amides is 1. The maximum Gasteiger partial charge on any atom is 0.356 e. The Labute approximate surface area is 203 Å². The number of carbonyl (C=O) groups excluding carboxylic acids is 2. The van der Waals surface area contributed by atoms with Gasteiger partial charge < -0.3 is 14.2 Å². The molecule has 0 radical (unpaired) electrons. The van der Waals surface area contributed by atoms with E-state index in [-0.39, 0.29) is 18.2 Å². The summed E-state index contributed by atoms with van der Waals surface area (Å²) in [5, 5.41) is 2.72. The molecule has 0 spiro atoms. The third kappa shape index (κ3) is 4.38. The van der Waals surface area contributed by atoms with Crippen molar-refractivity contribution in [3.63, 3.8) is 0 Å². The highest BCUT2D eigenvalue weighted by Gasteiger charge is 2.20. The normalized spacial score (nSPS) is 13.8. The number of likely N-dealkylation sites (tertiary alicyclic amines) is 1. The molecule has 6 nitrogen and oxygen atoms in total. The second kappa shape index (κ2) is 9.47. The summed E-state index contributed by atoms with van der Waals surface area (Å²) in [6.07, 6.45) is 3.88. The smallest absolute Gasteiger partial charge is 0.356 e. The lowest BCUT2D eigenvalue weighted by Gasteiger charge is -2.14. The molecule has 0 unspecified atom stereocenters. The number of nitrogens with zero attached hydrogens (tertiary/aromatic N) is 3. The van der Waals surface area contributed by atoms with Crippen molar-refractivity contribution in [2.75, 3.05) is 19.7 Å². The fourth-order valence-electron chi connectivity index (χ4n) is 4.66. The van der Waals surface area contributed by atoms with Crippen molar-refractivity contribution >= 4 is 45.3 Å². The van der Waals surface area contributed by atoms with Gasteiger partial charge in [0.25, 0.3) is 0 Å². The third-order valence-electron chi connectivity index (χ3n) is 6.37. The maximum absolute atomic E-state index is 12.7. The van der Waals surface area contributed by atoms with E-state index in [1.807, 2.05) is 42.2 Å². The Morgan fingerprint density at radius 2 is 1.97 bits per heavy atom. The predicted molar refractivity (Wildman–Crippen MR) is 133 cm³/mol. The van der Waals surface area contributed by atoms with Crippen LogP contribution >= 0.6 is 11.6 Å². The topological polar surface area (TPSA) is 64.4 Å². The Hall–Kier alpha value is -3.38. The van der Waals surface area contributed by atoms with Gasteiger partial charge >= 0.3 is 5.97 Å². The van der Waals surface area contributed by atoms with E-state index < -0.39 is 5.97 Å². The van der Waals surface area contributed by atoms with Gasteiger partial charge in [0, 0.05) is 47.4 Å². The van der Waals surface area contributed by atoms with Crippen molar-refractivity contribution in [1.29, 1.82) is 0 Å². The van der Waals surface area contributed by atoms with E-state index >= 15 is 0 Å². The van der Waals surface area contributed by atoms with Gasteiger partial charge in [0.1, 0.15) is 5.69 Å². The van der Waals surface area contributed by atoms with Crippen LogP contribution in [0.5, 0.6) is 0 Å². The summed E-state index contributed by atoms with van der Waals surface area (Å²) >= 11 is 6.48. The van der Waals surface area contributed by atoms with Gasteiger partial charge in [0.05, 0.1) is 18.3 Å². The lowest BCUT2D eigenvalue weighted by atomic mass is 10.1. The molecule has 2 aromatic heterocycles. The lowest BCUT2D eigenvalue weighted by molar-refractivity contribution is -0.127. The van der Waals surface area contributed by atoms with Crippen molar-refractivity contribution in [2.24, 2.45) is 0 Å². The molecule has 0 aliphatic carbocycles. The minimum atomic E-state index is -0.451. The zero-order valence-electron chi connectivity index (χ0n) is 19.1. The molecule has 1 amide bonds. The van der Waals surface area contributed by atoms with Crippen molar-refractivity contribution in [3.8, 4) is 0 Å². The van der Waals surface area contributed by atoms with Crippen LogP contribution in [0.1, 0.15) is 40.9 Å². The van der Waals surface area contributed by atoms with E-state index in [0.29, 0.717) is 25.9 Å². The van der Waals surface area contributed by atoms with Crippen LogP contribution in [-0.4, -0.2) is 46.0 Å². The second-order valence-corrected chi connectivity index (χ2v) is 9.17. The van der Waals surface area contributed by atoms with Crippen LogP contribution in [0.2, 0.25) is 5.02 Å². The van der Waals surface area contributed by atoms with Gasteiger partial charge in [-0.25, -0.2) is 9.78 Å². The number of pyridine rings is 1. The van der Waals surface area contributed by atoms with Crippen LogP contribution in [0.25, 0.3) is 21.8 Å². The molecule has 5 rings (SSSR count). The second-order valence-electron chi connectivity index (χ2n) is 8.76. The van der Waals surface area contributed by atoms with Crippen LogP contribution in [0.15, 0.2) is 54.7 Å². The number of carbonyl (C=O) groups is 2. The quantitative estimate of drug-likeness (QED) is 0.266. The minimum absolute atomic E-state index is 0.182. The molecule has 1 aliphatic rings. The first-order chi connectivity index (χ1) is 16.5. The lowest BCUT2D eigenvalue weighted by Crippen LogP contribution is -2.26. The van der Waals surface area contributed by atoms with Crippen LogP contribution in [0.3, 0.4) is 0 Å². The van der Waals surface area contributed by atoms with Gasteiger partial charge in [0.2, 0.25) is 5.91 Å². The summed E-state index contributed by atoms with van der Waals surface area (Å²) in [6.45, 7) is 4.33. The van der Waals surface area contributed by atoms with Gasteiger partial charge in [-0.15, -0.1) is 0 Å². The number of hydrogen-bond donors (Lipinski definition) is 0. The molecular formula is C27H26ClN3O3. The molecule has 0 saturated carbocycles. The fraction of sp³-hybridized carbons (Fsp3) is 0.296. The largest absolute Gasteiger partial charge is 0.461 e. The van der Waals surface area contributed by atoms with Crippen LogP contribution in [0, 0.1) is 6.92 Å². The van der Waals surface area contributed by atoms with Crippen molar-refractivity contribution in [2.45, 2.75) is 32.7 Å². The fourth-order valence-corrected chi connectivity index (χ4v) is 4.83. The van der Waals surface area contributed by atoms with Crippen LogP contribution < -0.4 is 0 Å². The molecule has 4 aromatic rings. The highest BCUT2D eigenvalue weighted by atomic mass is 35.5. The number of aromatic nitrogens is 2. The Balaban J connectivity index is 1.38. The van der Waals surface area contributed by atoms with E-state index in [2.05, 4.69) is 21.7 Å². The average Bonchev–Trinajstić information content (AvgIpc) is 3.39. The average molecular weight is 476 g/mol.